The highest BCUT2D eigenvalue weighted by atomic mass is 35.5. The zero-order chi connectivity index (χ0) is 14.4. The molecule has 0 aliphatic carbocycles. The molecule has 1 aromatic rings. The molecule has 0 spiro atoms. The van der Waals surface area contributed by atoms with Crippen molar-refractivity contribution in [3.05, 3.63) is 21.4 Å². The number of aliphatic imine (C=N–C) groups is 1. The standard InChI is InChI=1S/C11H11Cl2N5O2/c12-5-4-3(6-10(20)18-11(14)17-6)1-2-15-9(19)7(4)16-8(5)13/h3,6,16H,1-2H2,(H,15,19)(H3,14,17,18,20). The number of guanidine groups is 1. The third-order valence-electron chi connectivity index (χ3n) is 3.47. The van der Waals surface area contributed by atoms with Crippen LogP contribution < -0.4 is 16.4 Å². The molecule has 20 heavy (non-hydrogen) atoms. The van der Waals surface area contributed by atoms with Gasteiger partial charge in [-0.2, -0.15) is 4.99 Å². The molecule has 0 radical (unpaired) electrons. The number of nitrogens with zero attached hydrogens (tertiary/aromatic N) is 1. The van der Waals surface area contributed by atoms with E-state index in [1.807, 2.05) is 0 Å². The molecule has 1 aromatic heterocycles. The largest absolute Gasteiger partial charge is 0.370 e. The summed E-state index contributed by atoms with van der Waals surface area (Å²) in [5.74, 6) is -0.933. The van der Waals surface area contributed by atoms with Gasteiger partial charge in [-0.25, -0.2) is 0 Å². The first-order chi connectivity index (χ1) is 9.49. The molecule has 3 heterocycles. The quantitative estimate of drug-likeness (QED) is 0.599. The number of carbonyl (C=O) groups is 2. The summed E-state index contributed by atoms with van der Waals surface area (Å²) in [7, 11) is 0. The summed E-state index contributed by atoms with van der Waals surface area (Å²) < 4.78 is 0. The fourth-order valence-electron chi connectivity index (χ4n) is 2.61. The number of halogens is 2. The summed E-state index contributed by atoms with van der Waals surface area (Å²) in [6.45, 7) is 0.422. The molecule has 106 valence electrons. The van der Waals surface area contributed by atoms with Gasteiger partial charge >= 0.3 is 0 Å². The Bertz CT molecular complexity index is 639. The molecule has 0 saturated carbocycles. The second-order valence-electron chi connectivity index (χ2n) is 4.65. The van der Waals surface area contributed by atoms with Crippen molar-refractivity contribution in [1.29, 1.82) is 0 Å². The van der Waals surface area contributed by atoms with E-state index < -0.39 is 6.04 Å². The Hall–Kier alpha value is -1.73. The monoisotopic (exact) mass is 315 g/mol. The normalized spacial score (nSPS) is 25.6. The zero-order valence-electron chi connectivity index (χ0n) is 10.2. The van der Waals surface area contributed by atoms with Crippen LogP contribution in [0.4, 0.5) is 0 Å². The summed E-state index contributed by atoms with van der Waals surface area (Å²) in [6.07, 6.45) is 0.527. The highest BCUT2D eigenvalue weighted by molar-refractivity contribution is 6.42. The van der Waals surface area contributed by atoms with Crippen molar-refractivity contribution in [3.63, 3.8) is 0 Å². The Labute approximate surface area is 123 Å². The van der Waals surface area contributed by atoms with Crippen LogP contribution in [0.25, 0.3) is 0 Å². The highest BCUT2D eigenvalue weighted by Crippen LogP contribution is 2.39. The number of rotatable bonds is 1. The number of nitrogens with one attached hydrogen (secondary N) is 3. The van der Waals surface area contributed by atoms with Crippen molar-refractivity contribution >= 4 is 41.0 Å². The van der Waals surface area contributed by atoms with E-state index in [4.69, 9.17) is 28.9 Å². The lowest BCUT2D eigenvalue weighted by atomic mass is 9.89. The van der Waals surface area contributed by atoms with Gasteiger partial charge in [-0.1, -0.05) is 23.2 Å². The highest BCUT2D eigenvalue weighted by Gasteiger charge is 2.39. The van der Waals surface area contributed by atoms with Crippen molar-refractivity contribution in [2.24, 2.45) is 10.7 Å². The predicted octanol–water partition coefficient (Wildman–Crippen LogP) is 0.352. The van der Waals surface area contributed by atoms with Gasteiger partial charge in [0.25, 0.3) is 11.8 Å². The number of hydrogen-bond donors (Lipinski definition) is 4. The molecule has 2 atom stereocenters. The molecule has 3 rings (SSSR count). The molecular formula is C11H11Cl2N5O2. The predicted molar refractivity (Wildman–Crippen MR) is 74.1 cm³/mol. The number of fused-ring (bicyclic) bond motifs is 1. The van der Waals surface area contributed by atoms with Crippen LogP contribution in [-0.4, -0.2) is 35.3 Å². The van der Waals surface area contributed by atoms with E-state index in [1.165, 1.54) is 0 Å². The molecule has 2 aliphatic rings. The van der Waals surface area contributed by atoms with E-state index in [1.54, 1.807) is 0 Å². The van der Waals surface area contributed by atoms with Gasteiger partial charge in [-0.05, 0) is 6.42 Å². The summed E-state index contributed by atoms with van der Waals surface area (Å²) in [6, 6.07) is -0.634. The van der Waals surface area contributed by atoms with Gasteiger partial charge in [0.1, 0.15) is 16.9 Å². The first-order valence-electron chi connectivity index (χ1n) is 5.98. The summed E-state index contributed by atoms with van der Waals surface area (Å²) in [4.78, 5) is 30.2. The summed E-state index contributed by atoms with van der Waals surface area (Å²) >= 11 is 12.1. The van der Waals surface area contributed by atoms with Crippen LogP contribution in [0, 0.1) is 0 Å². The van der Waals surface area contributed by atoms with E-state index in [9.17, 15) is 9.59 Å². The van der Waals surface area contributed by atoms with E-state index in [0.717, 1.165) is 0 Å². The van der Waals surface area contributed by atoms with Gasteiger partial charge in [0.05, 0.1) is 5.02 Å². The van der Waals surface area contributed by atoms with Gasteiger partial charge in [-0.15, -0.1) is 0 Å². The van der Waals surface area contributed by atoms with Crippen molar-refractivity contribution in [3.8, 4) is 0 Å². The summed E-state index contributed by atoms with van der Waals surface area (Å²) in [5, 5.41) is 5.97. The molecule has 0 saturated heterocycles. The maximum absolute atomic E-state index is 12.0. The first-order valence-corrected chi connectivity index (χ1v) is 6.74. The van der Waals surface area contributed by atoms with Crippen LogP contribution in [0.2, 0.25) is 10.2 Å². The lowest BCUT2D eigenvalue weighted by Crippen LogP contribution is -2.41. The van der Waals surface area contributed by atoms with E-state index in [0.29, 0.717) is 18.5 Å². The maximum atomic E-state index is 12.0. The van der Waals surface area contributed by atoms with Crippen molar-refractivity contribution in [2.45, 2.75) is 18.4 Å². The number of nitrogens with two attached hydrogens (primary N) is 1. The van der Waals surface area contributed by atoms with Crippen LogP contribution in [0.5, 0.6) is 0 Å². The van der Waals surface area contributed by atoms with Crippen LogP contribution >= 0.6 is 23.2 Å². The van der Waals surface area contributed by atoms with Gasteiger partial charge in [-0.3, -0.25) is 9.59 Å². The molecule has 5 N–H and O–H groups in total. The molecule has 2 unspecified atom stereocenters. The van der Waals surface area contributed by atoms with Crippen LogP contribution in [0.3, 0.4) is 0 Å². The molecule has 7 nitrogen and oxygen atoms in total. The number of carbonyl (C=O) groups excluding carboxylic acids is 2. The Morgan fingerprint density at radius 3 is 2.70 bits per heavy atom. The van der Waals surface area contributed by atoms with E-state index >= 15 is 0 Å². The number of aromatic nitrogens is 1. The van der Waals surface area contributed by atoms with Gasteiger partial charge in [0.15, 0.2) is 5.96 Å². The molecule has 9 heteroatoms. The zero-order valence-corrected chi connectivity index (χ0v) is 11.7. The van der Waals surface area contributed by atoms with Crippen LogP contribution in [-0.2, 0) is 4.79 Å². The SMILES string of the molecule is NC1=NC(=O)C(C2CCNC(=O)c3[nH]c(Cl)c(Cl)c32)N1. The van der Waals surface area contributed by atoms with Crippen molar-refractivity contribution in [2.75, 3.05) is 6.54 Å². The Morgan fingerprint density at radius 1 is 1.30 bits per heavy atom. The number of aromatic amines is 1. The average molecular weight is 316 g/mol. The third-order valence-corrected chi connectivity index (χ3v) is 4.25. The van der Waals surface area contributed by atoms with Crippen molar-refractivity contribution in [1.82, 2.24) is 15.6 Å². The third kappa shape index (κ3) is 1.94. The molecule has 0 fully saturated rings. The van der Waals surface area contributed by atoms with Gasteiger partial charge in [0.2, 0.25) is 0 Å². The molecule has 2 aliphatic heterocycles. The minimum Gasteiger partial charge on any atom is -0.370 e. The van der Waals surface area contributed by atoms with E-state index in [-0.39, 0.29) is 39.6 Å². The maximum Gasteiger partial charge on any atom is 0.272 e. The Balaban J connectivity index is 2.07. The lowest BCUT2D eigenvalue weighted by Gasteiger charge is -2.21. The average Bonchev–Trinajstić information content (AvgIpc) is 2.81. The Kier molecular flexibility index (Phi) is 3.10. The Morgan fingerprint density at radius 2 is 2.05 bits per heavy atom. The number of H-pyrrole nitrogens is 1. The first kappa shape index (κ1) is 13.3. The fourth-order valence-corrected chi connectivity index (χ4v) is 3.09. The van der Waals surface area contributed by atoms with Gasteiger partial charge in [0, 0.05) is 18.0 Å². The number of hydrogen-bond acceptors (Lipinski definition) is 4. The second-order valence-corrected chi connectivity index (χ2v) is 5.41. The van der Waals surface area contributed by atoms with E-state index in [2.05, 4.69) is 20.6 Å². The molecule has 2 amide bonds. The van der Waals surface area contributed by atoms with Crippen LogP contribution in [0.15, 0.2) is 4.99 Å². The second kappa shape index (κ2) is 4.68. The topological polar surface area (TPSA) is 112 Å². The molecule has 0 bridgehead atoms. The van der Waals surface area contributed by atoms with Gasteiger partial charge < -0.3 is 21.4 Å². The lowest BCUT2D eigenvalue weighted by molar-refractivity contribution is -0.119. The minimum atomic E-state index is -0.634. The minimum absolute atomic E-state index is 0.0721. The molecule has 0 aromatic carbocycles. The molecular weight excluding hydrogens is 305 g/mol. The summed E-state index contributed by atoms with van der Waals surface area (Å²) in [5.41, 5.74) is 6.33. The van der Waals surface area contributed by atoms with Crippen LogP contribution in [0.1, 0.15) is 28.4 Å². The fraction of sp³-hybridized carbons (Fsp3) is 0.364. The smallest absolute Gasteiger partial charge is 0.272 e. The van der Waals surface area contributed by atoms with Crippen molar-refractivity contribution < 1.29 is 9.59 Å². The number of amides is 2.